The highest BCUT2D eigenvalue weighted by molar-refractivity contribution is 5.83. The number of nitrogens with one attached hydrogen (secondary N) is 1. The minimum absolute atomic E-state index is 0.0444. The van der Waals surface area contributed by atoms with Crippen molar-refractivity contribution in [3.8, 4) is 0 Å². The van der Waals surface area contributed by atoms with Crippen molar-refractivity contribution in [2.75, 3.05) is 26.7 Å². The Labute approximate surface area is 137 Å². The molecule has 7 heteroatoms. The van der Waals surface area contributed by atoms with E-state index in [-0.39, 0.29) is 18.4 Å². The maximum absolute atomic E-state index is 12.4. The summed E-state index contributed by atoms with van der Waals surface area (Å²) < 4.78 is 2.13. The van der Waals surface area contributed by atoms with E-state index in [0.717, 1.165) is 18.9 Å². The number of hydrogen-bond acceptors (Lipinski definition) is 4. The first-order valence-electron chi connectivity index (χ1n) is 8.09. The van der Waals surface area contributed by atoms with Crippen LogP contribution >= 0.6 is 0 Å². The highest BCUT2D eigenvalue weighted by atomic mass is 16.2. The van der Waals surface area contributed by atoms with Gasteiger partial charge in [-0.3, -0.25) is 9.59 Å². The van der Waals surface area contributed by atoms with E-state index in [1.165, 1.54) is 6.92 Å². The highest BCUT2D eigenvalue weighted by Crippen LogP contribution is 2.17. The topological polar surface area (TPSA) is 70.5 Å². The predicted molar refractivity (Wildman–Crippen MR) is 87.6 cm³/mol. The zero-order chi connectivity index (χ0) is 17.0. The number of carbonyl (C=O) groups is 2. The van der Waals surface area contributed by atoms with E-state index in [2.05, 4.69) is 40.7 Å². The Kier molecular flexibility index (Phi) is 5.76. The van der Waals surface area contributed by atoms with Gasteiger partial charge in [0.15, 0.2) is 0 Å². The van der Waals surface area contributed by atoms with E-state index >= 15 is 0 Å². The smallest absolute Gasteiger partial charge is 0.242 e. The second kappa shape index (κ2) is 7.59. The molecule has 0 aliphatic carbocycles. The van der Waals surface area contributed by atoms with Crippen LogP contribution in [0.15, 0.2) is 12.4 Å². The lowest BCUT2D eigenvalue weighted by Crippen LogP contribution is -2.43. The van der Waals surface area contributed by atoms with Crippen LogP contribution in [-0.2, 0) is 22.7 Å². The van der Waals surface area contributed by atoms with Gasteiger partial charge in [0, 0.05) is 50.9 Å². The molecular formula is C16H27N5O2. The lowest BCUT2D eigenvalue weighted by molar-refractivity contribution is -0.133. The van der Waals surface area contributed by atoms with Crippen LogP contribution in [0.25, 0.3) is 0 Å². The average Bonchev–Trinajstić information content (AvgIpc) is 2.83. The fourth-order valence-corrected chi connectivity index (χ4v) is 2.78. The maximum atomic E-state index is 12.4. The van der Waals surface area contributed by atoms with Crippen LogP contribution in [0, 0.1) is 5.92 Å². The van der Waals surface area contributed by atoms with Gasteiger partial charge >= 0.3 is 0 Å². The fraction of sp³-hybridized carbons (Fsp3) is 0.688. The zero-order valence-electron chi connectivity index (χ0n) is 14.5. The molecule has 0 saturated carbocycles. The molecule has 0 fully saturated rings. The molecular weight excluding hydrogens is 294 g/mol. The molecule has 0 radical (unpaired) electrons. The molecule has 1 aliphatic rings. The van der Waals surface area contributed by atoms with Crippen LogP contribution in [0.2, 0.25) is 0 Å². The molecule has 2 heterocycles. The van der Waals surface area contributed by atoms with Gasteiger partial charge in [-0.15, -0.1) is 0 Å². The summed E-state index contributed by atoms with van der Waals surface area (Å²) in [6.45, 7) is 8.74. The summed E-state index contributed by atoms with van der Waals surface area (Å²) in [5.74, 6) is 0.981. The van der Waals surface area contributed by atoms with E-state index in [1.54, 1.807) is 11.1 Å². The van der Waals surface area contributed by atoms with Crippen LogP contribution in [0.4, 0.5) is 0 Å². The SMILES string of the molecule is CC(=O)NCC(=O)N1Cc2nccn2C[C@H](CN(C)C(C)C)C1. The van der Waals surface area contributed by atoms with Crippen molar-refractivity contribution < 1.29 is 9.59 Å². The van der Waals surface area contributed by atoms with Crippen LogP contribution < -0.4 is 5.32 Å². The van der Waals surface area contributed by atoms with Crippen molar-refractivity contribution >= 4 is 11.8 Å². The lowest BCUT2D eigenvalue weighted by atomic mass is 10.1. The van der Waals surface area contributed by atoms with Gasteiger partial charge in [0.2, 0.25) is 11.8 Å². The monoisotopic (exact) mass is 321 g/mol. The number of rotatable bonds is 5. The van der Waals surface area contributed by atoms with Gasteiger partial charge in [-0.25, -0.2) is 4.98 Å². The molecule has 0 unspecified atom stereocenters. The number of aromatic nitrogens is 2. The van der Waals surface area contributed by atoms with Crippen LogP contribution in [0.5, 0.6) is 0 Å². The third kappa shape index (κ3) is 4.79. The van der Waals surface area contributed by atoms with Crippen molar-refractivity contribution in [2.24, 2.45) is 5.92 Å². The van der Waals surface area contributed by atoms with Crippen LogP contribution in [-0.4, -0.2) is 63.9 Å². The van der Waals surface area contributed by atoms with Crippen molar-refractivity contribution in [3.63, 3.8) is 0 Å². The first-order chi connectivity index (χ1) is 10.9. The van der Waals surface area contributed by atoms with E-state index in [1.807, 2.05) is 6.20 Å². The van der Waals surface area contributed by atoms with Crippen LogP contribution in [0.3, 0.4) is 0 Å². The number of fused-ring (bicyclic) bond motifs is 1. The standard InChI is InChI=1S/C16H27N5O2/c1-12(2)19(4)8-14-9-20-6-5-17-15(20)11-21(10-14)16(23)7-18-13(3)22/h5-6,12,14H,7-11H2,1-4H3,(H,18,22)/t14-/m0/s1. The molecule has 0 spiro atoms. The molecule has 1 N–H and O–H groups in total. The van der Waals surface area contributed by atoms with E-state index < -0.39 is 0 Å². The summed E-state index contributed by atoms with van der Waals surface area (Å²) in [7, 11) is 2.11. The number of carbonyl (C=O) groups excluding carboxylic acids is 2. The molecule has 1 aromatic rings. The molecule has 0 aromatic carbocycles. The molecule has 1 atom stereocenters. The van der Waals surface area contributed by atoms with Crippen molar-refractivity contribution in [3.05, 3.63) is 18.2 Å². The highest BCUT2D eigenvalue weighted by Gasteiger charge is 2.26. The molecule has 0 saturated heterocycles. The average molecular weight is 321 g/mol. The van der Waals surface area contributed by atoms with Crippen LogP contribution in [0.1, 0.15) is 26.6 Å². The van der Waals surface area contributed by atoms with Gasteiger partial charge in [0.05, 0.1) is 13.1 Å². The van der Waals surface area contributed by atoms with E-state index in [9.17, 15) is 9.59 Å². The van der Waals surface area contributed by atoms with Gasteiger partial charge < -0.3 is 19.7 Å². The molecule has 2 amide bonds. The minimum Gasteiger partial charge on any atom is -0.347 e. The molecule has 1 aliphatic heterocycles. The lowest BCUT2D eigenvalue weighted by Gasteiger charge is -2.29. The molecule has 23 heavy (non-hydrogen) atoms. The van der Waals surface area contributed by atoms with E-state index in [0.29, 0.717) is 25.0 Å². The largest absolute Gasteiger partial charge is 0.347 e. The molecule has 128 valence electrons. The van der Waals surface area contributed by atoms with Gasteiger partial charge in [-0.2, -0.15) is 0 Å². The molecule has 0 bridgehead atoms. The first kappa shape index (κ1) is 17.5. The molecule has 7 nitrogen and oxygen atoms in total. The van der Waals surface area contributed by atoms with Gasteiger partial charge in [-0.05, 0) is 20.9 Å². The summed E-state index contributed by atoms with van der Waals surface area (Å²) in [6, 6.07) is 0.462. The maximum Gasteiger partial charge on any atom is 0.242 e. The van der Waals surface area contributed by atoms with Crippen molar-refractivity contribution in [1.29, 1.82) is 0 Å². The zero-order valence-corrected chi connectivity index (χ0v) is 14.5. The first-order valence-corrected chi connectivity index (χ1v) is 8.09. The number of nitrogens with zero attached hydrogens (tertiary/aromatic N) is 4. The Morgan fingerprint density at radius 2 is 2.17 bits per heavy atom. The summed E-state index contributed by atoms with van der Waals surface area (Å²) >= 11 is 0. The van der Waals surface area contributed by atoms with Gasteiger partial charge in [-0.1, -0.05) is 0 Å². The van der Waals surface area contributed by atoms with Gasteiger partial charge in [0.25, 0.3) is 0 Å². The summed E-state index contributed by atoms with van der Waals surface area (Å²) in [5, 5.41) is 2.59. The normalized spacial score (nSPS) is 18.0. The fourth-order valence-electron chi connectivity index (χ4n) is 2.78. The third-order valence-corrected chi connectivity index (χ3v) is 4.34. The molecule has 2 rings (SSSR count). The summed E-state index contributed by atoms with van der Waals surface area (Å²) in [4.78, 5) is 31.9. The Balaban J connectivity index is 2.10. The Hall–Kier alpha value is -1.89. The Morgan fingerprint density at radius 1 is 1.43 bits per heavy atom. The minimum atomic E-state index is -0.189. The van der Waals surface area contributed by atoms with Crippen molar-refractivity contribution in [1.82, 2.24) is 24.7 Å². The summed E-state index contributed by atoms with van der Waals surface area (Å²) in [6.07, 6.45) is 3.75. The van der Waals surface area contributed by atoms with Gasteiger partial charge in [0.1, 0.15) is 5.82 Å². The van der Waals surface area contributed by atoms with Crippen molar-refractivity contribution in [2.45, 2.75) is 39.9 Å². The number of amides is 2. The Bertz CT molecular complexity index is 554. The predicted octanol–water partition coefficient (Wildman–Crippen LogP) is 0.318. The number of imidazole rings is 1. The second-order valence-electron chi connectivity index (χ2n) is 6.58. The third-order valence-electron chi connectivity index (χ3n) is 4.34. The Morgan fingerprint density at radius 3 is 2.83 bits per heavy atom. The number of hydrogen-bond donors (Lipinski definition) is 1. The quantitative estimate of drug-likeness (QED) is 0.848. The molecule has 1 aromatic heterocycles. The second-order valence-corrected chi connectivity index (χ2v) is 6.58. The summed E-state index contributed by atoms with van der Waals surface area (Å²) in [5.41, 5.74) is 0. The van der Waals surface area contributed by atoms with E-state index in [4.69, 9.17) is 0 Å².